The molecule has 0 spiro atoms. The normalized spacial score (nSPS) is 17.9. The molecular weight excluding hydrogens is 469 g/mol. The summed E-state index contributed by atoms with van der Waals surface area (Å²) in [6, 6.07) is 13.4. The van der Waals surface area contributed by atoms with E-state index in [1.807, 2.05) is 0 Å². The number of ether oxygens (including phenoxy) is 1. The summed E-state index contributed by atoms with van der Waals surface area (Å²) in [4.78, 5) is 27.2. The number of amides is 1. The van der Waals surface area contributed by atoms with Gasteiger partial charge < -0.3 is 19.2 Å². The highest BCUT2D eigenvalue weighted by molar-refractivity contribution is 9.10. The van der Waals surface area contributed by atoms with Gasteiger partial charge in [0.1, 0.15) is 11.5 Å². The number of likely N-dealkylation sites (tertiary alicyclic amines) is 1. The molecule has 2 heterocycles. The molecule has 6 nitrogen and oxygen atoms in total. The minimum absolute atomic E-state index is 0.000666. The van der Waals surface area contributed by atoms with Crippen molar-refractivity contribution in [3.63, 3.8) is 0 Å². The zero-order valence-electron chi connectivity index (χ0n) is 16.3. The van der Waals surface area contributed by atoms with Crippen LogP contribution in [0.25, 0.3) is 5.76 Å². The van der Waals surface area contributed by atoms with Crippen LogP contribution in [0.1, 0.15) is 22.9 Å². The lowest BCUT2D eigenvalue weighted by molar-refractivity contribution is -0.140. The van der Waals surface area contributed by atoms with Crippen molar-refractivity contribution >= 4 is 33.4 Å². The molecule has 0 unspecified atom stereocenters. The van der Waals surface area contributed by atoms with Gasteiger partial charge in [-0.25, -0.2) is 4.39 Å². The Morgan fingerprint density at radius 2 is 1.94 bits per heavy atom. The molecule has 1 fully saturated rings. The summed E-state index contributed by atoms with van der Waals surface area (Å²) in [5, 5.41) is 11.0. The minimum atomic E-state index is -0.872. The number of hydrogen-bond acceptors (Lipinski definition) is 5. The highest BCUT2D eigenvalue weighted by Crippen LogP contribution is 2.41. The Morgan fingerprint density at radius 1 is 1.19 bits per heavy atom. The number of carbonyl (C=O) groups excluding carboxylic acids is 2. The Balaban J connectivity index is 1.86. The first-order valence-electron chi connectivity index (χ1n) is 9.31. The largest absolute Gasteiger partial charge is 0.507 e. The van der Waals surface area contributed by atoms with E-state index in [9.17, 15) is 19.1 Å². The SMILES string of the molecule is COc1ccc(C(O)=C2C(=O)C(=O)N(Cc3ccco3)[C@H]2c2ccc(Br)cc2)cc1F. The summed E-state index contributed by atoms with van der Waals surface area (Å²) < 4.78 is 25.3. The van der Waals surface area contributed by atoms with Crippen molar-refractivity contribution in [2.24, 2.45) is 0 Å². The van der Waals surface area contributed by atoms with Crippen LogP contribution in [0.15, 0.2) is 75.3 Å². The van der Waals surface area contributed by atoms with Crippen LogP contribution in [0, 0.1) is 5.82 Å². The maximum absolute atomic E-state index is 14.2. The van der Waals surface area contributed by atoms with Crippen molar-refractivity contribution in [1.82, 2.24) is 4.90 Å². The molecule has 1 N–H and O–H groups in total. The number of rotatable bonds is 5. The number of aliphatic hydroxyl groups is 1. The zero-order valence-corrected chi connectivity index (χ0v) is 17.9. The van der Waals surface area contributed by atoms with Crippen LogP contribution < -0.4 is 4.74 Å². The standard InChI is InChI=1S/C23H17BrFNO5/c1-30-18-9-6-14(11-17(18)25)21(27)19-20(13-4-7-15(24)8-5-13)26(23(29)22(19)28)12-16-3-2-10-31-16/h2-11,20,27H,12H2,1H3/t20-/m0/s1. The lowest BCUT2D eigenvalue weighted by atomic mass is 9.95. The lowest BCUT2D eigenvalue weighted by Crippen LogP contribution is -2.29. The van der Waals surface area contributed by atoms with Gasteiger partial charge in [0.25, 0.3) is 11.7 Å². The average Bonchev–Trinajstić information content (AvgIpc) is 3.36. The van der Waals surface area contributed by atoms with E-state index >= 15 is 0 Å². The highest BCUT2D eigenvalue weighted by atomic mass is 79.9. The number of Topliss-reactive ketones (excluding diaryl/α,β-unsaturated/α-hetero) is 1. The van der Waals surface area contributed by atoms with Crippen molar-refractivity contribution in [2.45, 2.75) is 12.6 Å². The smallest absolute Gasteiger partial charge is 0.296 e. The Hall–Kier alpha value is -3.39. The van der Waals surface area contributed by atoms with Gasteiger partial charge >= 0.3 is 0 Å². The Kier molecular flexibility index (Phi) is 5.65. The van der Waals surface area contributed by atoms with Crippen LogP contribution in [0.3, 0.4) is 0 Å². The molecule has 0 radical (unpaired) electrons. The molecule has 1 aliphatic rings. The molecule has 1 atom stereocenters. The number of ketones is 1. The zero-order chi connectivity index (χ0) is 22.1. The molecule has 0 aliphatic carbocycles. The fourth-order valence-electron chi connectivity index (χ4n) is 3.57. The van der Waals surface area contributed by atoms with Gasteiger partial charge in [0.05, 0.1) is 31.5 Å². The lowest BCUT2D eigenvalue weighted by Gasteiger charge is -2.24. The van der Waals surface area contributed by atoms with Gasteiger partial charge in [-0.3, -0.25) is 9.59 Å². The monoisotopic (exact) mass is 485 g/mol. The Morgan fingerprint density at radius 3 is 2.55 bits per heavy atom. The second-order valence-electron chi connectivity index (χ2n) is 6.91. The number of hydrogen-bond donors (Lipinski definition) is 1. The Bertz CT molecular complexity index is 1170. The van der Waals surface area contributed by atoms with E-state index in [-0.39, 0.29) is 23.4 Å². The fourth-order valence-corrected chi connectivity index (χ4v) is 3.84. The van der Waals surface area contributed by atoms with E-state index in [1.165, 1.54) is 30.4 Å². The summed E-state index contributed by atoms with van der Waals surface area (Å²) in [6.07, 6.45) is 1.47. The van der Waals surface area contributed by atoms with Crippen LogP contribution in [0.2, 0.25) is 0 Å². The van der Waals surface area contributed by atoms with Crippen LogP contribution in [-0.2, 0) is 16.1 Å². The molecule has 1 saturated heterocycles. The van der Waals surface area contributed by atoms with Crippen molar-refractivity contribution < 1.29 is 28.2 Å². The molecule has 1 aromatic heterocycles. The number of aliphatic hydroxyl groups excluding tert-OH is 1. The van der Waals surface area contributed by atoms with Crippen LogP contribution in [0.5, 0.6) is 5.75 Å². The van der Waals surface area contributed by atoms with Crippen molar-refractivity contribution in [3.05, 3.63) is 93.6 Å². The Labute approximate surface area is 185 Å². The molecule has 2 aromatic carbocycles. The third-order valence-corrected chi connectivity index (χ3v) is 5.59. The molecule has 3 aromatic rings. The van der Waals surface area contributed by atoms with Crippen molar-refractivity contribution in [3.8, 4) is 5.75 Å². The van der Waals surface area contributed by atoms with E-state index in [0.29, 0.717) is 11.3 Å². The highest BCUT2D eigenvalue weighted by Gasteiger charge is 2.46. The summed E-state index contributed by atoms with van der Waals surface area (Å²) in [5.74, 6) is -2.31. The van der Waals surface area contributed by atoms with Crippen molar-refractivity contribution in [1.29, 1.82) is 0 Å². The first kappa shape index (κ1) is 20.9. The molecule has 1 amide bonds. The van der Waals surface area contributed by atoms with Gasteiger partial charge in [-0.15, -0.1) is 0 Å². The van der Waals surface area contributed by atoms with Crippen LogP contribution >= 0.6 is 15.9 Å². The molecule has 31 heavy (non-hydrogen) atoms. The third-order valence-electron chi connectivity index (χ3n) is 5.06. The van der Waals surface area contributed by atoms with E-state index < -0.39 is 29.3 Å². The van der Waals surface area contributed by atoms with Crippen molar-refractivity contribution in [2.75, 3.05) is 7.11 Å². The predicted molar refractivity (Wildman–Crippen MR) is 114 cm³/mol. The van der Waals surface area contributed by atoms with E-state index in [0.717, 1.165) is 10.5 Å². The number of carbonyl (C=O) groups is 2. The van der Waals surface area contributed by atoms with Gasteiger partial charge in [-0.05, 0) is 48.0 Å². The van der Waals surface area contributed by atoms with E-state index in [1.54, 1.807) is 36.4 Å². The first-order valence-corrected chi connectivity index (χ1v) is 10.1. The number of benzene rings is 2. The van der Waals surface area contributed by atoms with Gasteiger partial charge in [-0.2, -0.15) is 0 Å². The van der Waals surface area contributed by atoms with Gasteiger partial charge in [0, 0.05) is 10.0 Å². The van der Waals surface area contributed by atoms with Gasteiger partial charge in [0.15, 0.2) is 11.6 Å². The molecule has 0 bridgehead atoms. The van der Waals surface area contributed by atoms with Crippen LogP contribution in [-0.4, -0.2) is 28.8 Å². The fraction of sp³-hybridized carbons (Fsp3) is 0.130. The molecule has 158 valence electrons. The summed E-state index contributed by atoms with van der Waals surface area (Å²) in [7, 11) is 1.33. The average molecular weight is 486 g/mol. The maximum atomic E-state index is 14.2. The third kappa shape index (κ3) is 3.86. The minimum Gasteiger partial charge on any atom is -0.507 e. The number of furan rings is 1. The molecule has 8 heteroatoms. The van der Waals surface area contributed by atoms with Gasteiger partial charge in [-0.1, -0.05) is 28.1 Å². The topological polar surface area (TPSA) is 80.0 Å². The summed E-state index contributed by atoms with van der Waals surface area (Å²) in [6.45, 7) is 0.0338. The number of methoxy groups -OCH3 is 1. The summed E-state index contributed by atoms with van der Waals surface area (Å²) in [5.41, 5.74) is 0.560. The molecular formula is C23H17BrFNO5. The summed E-state index contributed by atoms with van der Waals surface area (Å²) >= 11 is 3.37. The van der Waals surface area contributed by atoms with Crippen LogP contribution in [0.4, 0.5) is 4.39 Å². The molecule has 1 aliphatic heterocycles. The van der Waals surface area contributed by atoms with E-state index in [2.05, 4.69) is 15.9 Å². The second-order valence-corrected chi connectivity index (χ2v) is 7.82. The quantitative estimate of drug-likeness (QED) is 0.318. The molecule has 0 saturated carbocycles. The number of nitrogens with zero attached hydrogens (tertiary/aromatic N) is 1. The van der Waals surface area contributed by atoms with E-state index in [4.69, 9.17) is 9.15 Å². The molecule has 4 rings (SSSR count). The van der Waals surface area contributed by atoms with Gasteiger partial charge in [0.2, 0.25) is 0 Å². The second kappa shape index (κ2) is 8.39. The first-order chi connectivity index (χ1) is 14.9. The maximum Gasteiger partial charge on any atom is 0.296 e. The predicted octanol–water partition coefficient (Wildman–Crippen LogP) is 4.81. The number of halogens is 2.